The van der Waals surface area contributed by atoms with Crippen LogP contribution in [-0.4, -0.2) is 0 Å². The normalized spacial score (nSPS) is 23.8. The molecule has 0 fully saturated rings. The predicted octanol–water partition coefficient (Wildman–Crippen LogP) is 14.4. The van der Waals surface area contributed by atoms with Crippen LogP contribution in [0.3, 0.4) is 0 Å². The first kappa shape index (κ1) is 12.1. The Labute approximate surface area is 346 Å². The maximum atomic E-state index is 9.96. The van der Waals surface area contributed by atoms with E-state index in [9.17, 15) is 17.8 Å². The second kappa shape index (κ2) is 10.8. The van der Waals surface area contributed by atoms with Crippen LogP contribution < -0.4 is 0 Å². The Morgan fingerprint density at radius 3 is 1.75 bits per heavy atom. The van der Waals surface area contributed by atoms with Crippen molar-refractivity contribution in [2.75, 3.05) is 0 Å². The fourth-order valence-electron chi connectivity index (χ4n) is 6.82. The molecule has 0 bridgehead atoms. The molecule has 0 aliphatic heterocycles. The maximum absolute atomic E-state index is 9.96. The third kappa shape index (κ3) is 4.11. The summed E-state index contributed by atoms with van der Waals surface area (Å²) in [7, 11) is 0. The maximum Gasteiger partial charge on any atom is 0.143 e. The fourth-order valence-corrected chi connectivity index (χ4v) is 6.82. The molecule has 1 aromatic heterocycles. The third-order valence-electron chi connectivity index (χ3n) is 9.19. The van der Waals surface area contributed by atoms with Crippen LogP contribution in [0.1, 0.15) is 67.4 Å². The van der Waals surface area contributed by atoms with Crippen LogP contribution in [0.2, 0.25) is 0 Å². The zero-order chi connectivity index (χ0) is 61.4. The Morgan fingerprint density at radius 2 is 1.02 bits per heavy atom. The van der Waals surface area contributed by atoms with Gasteiger partial charge < -0.3 is 4.42 Å². The SMILES string of the molecule is [2H]c1c([2H])c([2H])c2c(c1[2H])-c1c([2H])c([2H])c(-c3c4c([2H])c([2H])c([2H])c([2H])c4c(-c4c([2H])c([2H])c(-c5c([2H])c([2H])c6oc7c8c([2H])c([2H])c([2H])c([2H])c8c([2H])c([2H])c7c6c5[2H])c([2H])c4[2H])c4c([2H])c([2H])c([2H])c([2H])c34)c([2H])c1C2(C)C([2H])([2H])[2H]. The van der Waals surface area contributed by atoms with Gasteiger partial charge in [-0.1, -0.05) is 159 Å². The van der Waals surface area contributed by atoms with Crippen LogP contribution in [0.25, 0.3) is 98.8 Å². The van der Waals surface area contributed by atoms with Crippen molar-refractivity contribution < 1.29 is 46.9 Å². The molecule has 244 valence electrons. The molecule has 52 heavy (non-hydrogen) atoms. The van der Waals surface area contributed by atoms with Crippen molar-refractivity contribution in [3.8, 4) is 44.5 Å². The largest absolute Gasteiger partial charge is 0.455 e. The van der Waals surface area contributed by atoms with Gasteiger partial charge in [0.25, 0.3) is 0 Å². The van der Waals surface area contributed by atoms with Crippen molar-refractivity contribution in [3.63, 3.8) is 0 Å². The molecule has 10 aromatic rings. The highest BCUT2D eigenvalue weighted by Crippen LogP contribution is 2.51. The Kier molecular flexibility index (Phi) is 2.50. The van der Waals surface area contributed by atoms with Crippen LogP contribution in [0.15, 0.2) is 174 Å². The van der Waals surface area contributed by atoms with Crippen molar-refractivity contribution in [1.82, 2.24) is 0 Å². The van der Waals surface area contributed by atoms with Crippen molar-refractivity contribution in [2.24, 2.45) is 0 Å². The van der Waals surface area contributed by atoms with E-state index in [4.69, 9.17) is 29.1 Å². The molecule has 0 amide bonds. The minimum Gasteiger partial charge on any atom is -0.455 e. The molecule has 11 rings (SSSR count). The molecule has 1 unspecified atom stereocenters. The zero-order valence-corrected chi connectivity index (χ0v) is 26.4. The van der Waals surface area contributed by atoms with E-state index in [-0.39, 0.29) is 0 Å². The van der Waals surface area contributed by atoms with Crippen LogP contribution in [0, 0.1) is 0 Å². The molecule has 1 atom stereocenters. The quantitative estimate of drug-likeness (QED) is 0.168. The number of hydrogen-bond acceptors (Lipinski definition) is 1. The number of hydrogen-bond donors (Lipinski definition) is 0. The van der Waals surface area contributed by atoms with Crippen molar-refractivity contribution in [1.29, 1.82) is 0 Å². The molecule has 1 heterocycles. The van der Waals surface area contributed by atoms with Crippen LogP contribution >= 0.6 is 0 Å². The summed E-state index contributed by atoms with van der Waals surface area (Å²) in [5.74, 6) is 0. The second-order valence-corrected chi connectivity index (χ2v) is 12.1. The highest BCUT2D eigenvalue weighted by Gasteiger charge is 2.35. The van der Waals surface area contributed by atoms with Gasteiger partial charge in [-0.2, -0.15) is 0 Å². The summed E-state index contributed by atoms with van der Waals surface area (Å²) in [5.41, 5.74) is -11.1. The molecule has 0 N–H and O–H groups in total. The van der Waals surface area contributed by atoms with Crippen LogP contribution in [0.5, 0.6) is 0 Å². The first-order chi connectivity index (χ1) is 38.5. The Bertz CT molecular complexity index is 4710. The fraction of sp³-hybridized carbons (Fsp3) is 0.0588. The van der Waals surface area contributed by atoms with E-state index in [1.807, 2.05) is 0 Å². The lowest BCUT2D eigenvalue weighted by molar-refractivity contribution is 0.660. The number of benzene rings is 9. The topological polar surface area (TPSA) is 13.1 Å². The summed E-state index contributed by atoms with van der Waals surface area (Å²) in [6.07, 6.45) is 0. The van der Waals surface area contributed by atoms with Gasteiger partial charge in [-0.25, -0.2) is 0 Å². The van der Waals surface area contributed by atoms with E-state index in [1.54, 1.807) is 0 Å². The summed E-state index contributed by atoms with van der Waals surface area (Å²) in [6.45, 7) is -2.30. The van der Waals surface area contributed by atoms with Gasteiger partial charge in [-0.3, -0.25) is 0 Å². The van der Waals surface area contributed by atoms with Gasteiger partial charge in [0, 0.05) is 25.7 Å². The van der Waals surface area contributed by atoms with Crippen LogP contribution in [-0.2, 0) is 5.41 Å². The number of furan rings is 1. The summed E-state index contributed by atoms with van der Waals surface area (Å²) in [5, 5.41) is -5.03. The van der Waals surface area contributed by atoms with Gasteiger partial charge >= 0.3 is 0 Å². The lowest BCUT2D eigenvalue weighted by Crippen LogP contribution is -2.14. The number of fused-ring (bicyclic) bond motifs is 10. The third-order valence-corrected chi connectivity index (χ3v) is 9.19. The molecule has 1 heteroatoms. The van der Waals surface area contributed by atoms with E-state index in [2.05, 4.69) is 0 Å². The molecule has 1 aliphatic carbocycles. The summed E-state index contributed by atoms with van der Waals surface area (Å²) in [4.78, 5) is 0. The Hall–Kier alpha value is -6.44. The Morgan fingerprint density at radius 1 is 0.442 bits per heavy atom. The standard InChI is InChI=1S/C51H34O/c1-51(2)45-18-10-9-13-37(45)38-26-24-35(30-46(38)51)49-41-16-7-5-14-39(41)48(40-15-6-8-17-42(40)49)33-21-19-31(20-22-33)34-25-28-47-44(29-34)43-27-23-32-11-3-4-12-36(32)50(43)52-47/h3-30H,1-2H3/i1D3,3D,4D,5D,6D,7D,8D,9D,10D,11D,12D,13D,14D,15D,16D,17D,18D,19D,20D,21D,22D,23D,24D,25D,26D,27D,28D,29D,30D. The smallest absolute Gasteiger partial charge is 0.143 e. The van der Waals surface area contributed by atoms with Gasteiger partial charge in [0.2, 0.25) is 0 Å². The minimum atomic E-state index is -3.33. The first-order valence-corrected chi connectivity index (χ1v) is 15.7. The molecular formula is C51H34O. The molecule has 0 saturated heterocycles. The lowest BCUT2D eigenvalue weighted by atomic mass is 9.80. The van der Waals surface area contributed by atoms with Crippen molar-refractivity contribution >= 4 is 54.3 Å². The van der Waals surface area contributed by atoms with Gasteiger partial charge in [0.15, 0.2) is 0 Å². The first-order valence-electron chi connectivity index (χ1n) is 31.2. The zero-order valence-electron chi connectivity index (χ0n) is 57.4. The molecule has 1 aliphatic rings. The average Bonchev–Trinajstić information content (AvgIpc) is 3.42. The lowest BCUT2D eigenvalue weighted by Gasteiger charge is -2.23. The molecule has 1 nitrogen and oxygen atoms in total. The van der Waals surface area contributed by atoms with E-state index >= 15 is 0 Å². The van der Waals surface area contributed by atoms with Gasteiger partial charge in [0.05, 0.1) is 38.4 Å². The van der Waals surface area contributed by atoms with Crippen molar-refractivity contribution in [2.45, 2.75) is 19.2 Å². The highest BCUT2D eigenvalue weighted by molar-refractivity contribution is 6.21. The van der Waals surface area contributed by atoms with E-state index < -0.39 is 291 Å². The van der Waals surface area contributed by atoms with Crippen molar-refractivity contribution in [3.05, 3.63) is 180 Å². The van der Waals surface area contributed by atoms with E-state index in [0.717, 1.165) is 6.92 Å². The average molecular weight is 694 g/mol. The van der Waals surface area contributed by atoms with Gasteiger partial charge in [-0.05, 0) is 107 Å². The second-order valence-electron chi connectivity index (χ2n) is 12.1. The van der Waals surface area contributed by atoms with E-state index in [1.165, 1.54) is 0 Å². The van der Waals surface area contributed by atoms with Gasteiger partial charge in [0.1, 0.15) is 11.2 Å². The molecule has 0 saturated carbocycles. The summed E-state index contributed by atoms with van der Waals surface area (Å²) in [6, 6.07) is -26.5. The Balaban J connectivity index is 1.31. The molecular weight excluding hydrogens is 629 g/mol. The van der Waals surface area contributed by atoms with E-state index in [0.29, 0.717) is 0 Å². The highest BCUT2D eigenvalue weighted by atomic mass is 16.3. The number of rotatable bonds is 3. The summed E-state index contributed by atoms with van der Waals surface area (Å²) < 4.78 is 288. The molecule has 9 aromatic carbocycles. The summed E-state index contributed by atoms with van der Waals surface area (Å²) >= 11 is 0. The van der Waals surface area contributed by atoms with Gasteiger partial charge in [-0.15, -0.1) is 0 Å². The van der Waals surface area contributed by atoms with Crippen LogP contribution in [0.4, 0.5) is 0 Å². The predicted molar refractivity (Wildman–Crippen MR) is 220 cm³/mol. The monoisotopic (exact) mass is 693 g/mol. The molecule has 0 spiro atoms. The minimum absolute atomic E-state index is 0.406. The molecule has 0 radical (unpaired) electrons.